The first kappa shape index (κ1) is 12.2. The predicted molar refractivity (Wildman–Crippen MR) is 60.5 cm³/mol. The Morgan fingerprint density at radius 1 is 1.40 bits per heavy atom. The van der Waals surface area contributed by atoms with Crippen molar-refractivity contribution in [1.82, 2.24) is 9.78 Å². The Bertz CT molecular complexity index is 336. The third-order valence-corrected chi connectivity index (χ3v) is 2.67. The van der Waals surface area contributed by atoms with Crippen LogP contribution in [0.5, 0.6) is 0 Å². The topological polar surface area (TPSA) is 64.1 Å². The van der Waals surface area contributed by atoms with Gasteiger partial charge in [0.25, 0.3) is 0 Å². The molecule has 3 N–H and O–H groups in total. The summed E-state index contributed by atoms with van der Waals surface area (Å²) in [5, 5.41) is 14.0. The fourth-order valence-electron chi connectivity index (χ4n) is 1.63. The molecule has 0 aliphatic carbocycles. The van der Waals surface area contributed by atoms with Crippen LogP contribution in [0.3, 0.4) is 0 Å². The number of hydrogen-bond acceptors (Lipinski definition) is 3. The molecule has 0 saturated carbocycles. The van der Waals surface area contributed by atoms with Gasteiger partial charge in [-0.25, -0.2) is 0 Å². The van der Waals surface area contributed by atoms with Gasteiger partial charge in [-0.3, -0.25) is 4.68 Å². The monoisotopic (exact) mass is 211 g/mol. The van der Waals surface area contributed by atoms with Gasteiger partial charge in [-0.05, 0) is 34.1 Å². The van der Waals surface area contributed by atoms with Crippen molar-refractivity contribution in [3.05, 3.63) is 17.0 Å². The van der Waals surface area contributed by atoms with E-state index >= 15 is 0 Å². The lowest BCUT2D eigenvalue weighted by atomic mass is 10.1. The van der Waals surface area contributed by atoms with Crippen LogP contribution >= 0.6 is 0 Å². The number of nitrogens with two attached hydrogens (primary N) is 1. The van der Waals surface area contributed by atoms with Crippen LogP contribution in [0.15, 0.2) is 0 Å². The van der Waals surface area contributed by atoms with Crippen molar-refractivity contribution in [3.8, 4) is 0 Å². The molecule has 0 bridgehead atoms. The van der Waals surface area contributed by atoms with Gasteiger partial charge < -0.3 is 10.8 Å². The smallest absolute Gasteiger partial charge is 0.0641 e. The number of aromatic nitrogens is 2. The minimum Gasteiger partial charge on any atom is -0.390 e. The first-order chi connectivity index (χ1) is 6.85. The summed E-state index contributed by atoms with van der Waals surface area (Å²) in [4.78, 5) is 0. The molecule has 0 aliphatic rings. The van der Waals surface area contributed by atoms with E-state index < -0.39 is 5.60 Å². The molecule has 0 radical (unpaired) electrons. The number of rotatable bonds is 4. The fraction of sp³-hybridized carbons (Fsp3) is 0.727. The zero-order valence-corrected chi connectivity index (χ0v) is 10.0. The Hall–Kier alpha value is -0.870. The number of aryl methyl sites for hydroxylation is 2. The second-order valence-electron chi connectivity index (χ2n) is 4.64. The summed E-state index contributed by atoms with van der Waals surface area (Å²) < 4.78 is 1.93. The quantitative estimate of drug-likeness (QED) is 0.784. The maximum absolute atomic E-state index is 9.64. The van der Waals surface area contributed by atoms with Gasteiger partial charge in [0.1, 0.15) is 0 Å². The average Bonchev–Trinajstić information content (AvgIpc) is 2.37. The van der Waals surface area contributed by atoms with E-state index in [2.05, 4.69) is 5.10 Å². The molecule has 0 fully saturated rings. The lowest BCUT2D eigenvalue weighted by Crippen LogP contribution is -2.21. The molecule has 0 aliphatic heterocycles. The summed E-state index contributed by atoms with van der Waals surface area (Å²) in [7, 11) is 0. The van der Waals surface area contributed by atoms with Gasteiger partial charge in [0.05, 0.1) is 11.3 Å². The third-order valence-electron chi connectivity index (χ3n) is 2.67. The van der Waals surface area contributed by atoms with Gasteiger partial charge in [-0.2, -0.15) is 5.10 Å². The lowest BCUT2D eigenvalue weighted by Gasteiger charge is -2.17. The molecular weight excluding hydrogens is 190 g/mol. The molecule has 0 spiro atoms. The zero-order valence-electron chi connectivity index (χ0n) is 10.0. The molecule has 1 aromatic rings. The zero-order chi connectivity index (χ0) is 11.6. The standard InChI is InChI=1S/C11H21N3O/c1-8-10(7-12)9(2)14(13-8)6-5-11(3,4)15/h15H,5-7,12H2,1-4H3. The number of hydrogen-bond donors (Lipinski definition) is 2. The maximum atomic E-state index is 9.64. The summed E-state index contributed by atoms with van der Waals surface area (Å²) in [6.07, 6.45) is 0.693. The summed E-state index contributed by atoms with van der Waals surface area (Å²) in [5.41, 5.74) is 8.22. The van der Waals surface area contributed by atoms with E-state index in [1.807, 2.05) is 32.4 Å². The second-order valence-corrected chi connectivity index (χ2v) is 4.64. The van der Waals surface area contributed by atoms with E-state index in [0.717, 1.165) is 23.5 Å². The van der Waals surface area contributed by atoms with E-state index in [0.29, 0.717) is 13.0 Å². The van der Waals surface area contributed by atoms with Crippen molar-refractivity contribution in [2.45, 2.75) is 52.8 Å². The van der Waals surface area contributed by atoms with Crippen LogP contribution < -0.4 is 5.73 Å². The van der Waals surface area contributed by atoms with E-state index in [4.69, 9.17) is 5.73 Å². The summed E-state index contributed by atoms with van der Waals surface area (Å²) in [6, 6.07) is 0. The van der Waals surface area contributed by atoms with Crippen molar-refractivity contribution in [3.63, 3.8) is 0 Å². The predicted octanol–water partition coefficient (Wildman–Crippen LogP) is 1.12. The second kappa shape index (κ2) is 4.33. The molecule has 0 unspecified atom stereocenters. The Morgan fingerprint density at radius 3 is 2.40 bits per heavy atom. The van der Waals surface area contributed by atoms with Crippen LogP contribution in [0, 0.1) is 13.8 Å². The molecule has 0 aromatic carbocycles. The molecule has 1 rings (SSSR count). The Morgan fingerprint density at radius 2 is 2.00 bits per heavy atom. The first-order valence-electron chi connectivity index (χ1n) is 5.30. The molecular formula is C11H21N3O. The third kappa shape index (κ3) is 3.04. The van der Waals surface area contributed by atoms with Crippen molar-refractivity contribution in [2.75, 3.05) is 0 Å². The highest BCUT2D eigenvalue weighted by atomic mass is 16.3. The van der Waals surface area contributed by atoms with Crippen LogP contribution in [0.2, 0.25) is 0 Å². The van der Waals surface area contributed by atoms with E-state index in [-0.39, 0.29) is 0 Å². The van der Waals surface area contributed by atoms with Gasteiger partial charge in [-0.1, -0.05) is 0 Å². The van der Waals surface area contributed by atoms with Crippen LogP contribution in [0.1, 0.15) is 37.2 Å². The normalized spacial score (nSPS) is 12.1. The first-order valence-corrected chi connectivity index (χ1v) is 5.30. The van der Waals surface area contributed by atoms with Gasteiger partial charge in [0.2, 0.25) is 0 Å². The molecule has 0 atom stereocenters. The molecule has 0 saturated heterocycles. The van der Waals surface area contributed by atoms with Gasteiger partial charge >= 0.3 is 0 Å². The molecule has 4 nitrogen and oxygen atoms in total. The van der Waals surface area contributed by atoms with Crippen LogP contribution in [0.4, 0.5) is 0 Å². The minimum absolute atomic E-state index is 0.528. The highest BCUT2D eigenvalue weighted by Crippen LogP contribution is 2.15. The Balaban J connectivity index is 2.79. The average molecular weight is 211 g/mol. The molecule has 1 aromatic heterocycles. The van der Waals surface area contributed by atoms with Gasteiger partial charge in [0.15, 0.2) is 0 Å². The van der Waals surface area contributed by atoms with Crippen LogP contribution in [0.25, 0.3) is 0 Å². The molecule has 0 amide bonds. The minimum atomic E-state index is -0.644. The maximum Gasteiger partial charge on any atom is 0.0641 e. The highest BCUT2D eigenvalue weighted by Gasteiger charge is 2.15. The number of aliphatic hydroxyl groups is 1. The molecule has 15 heavy (non-hydrogen) atoms. The van der Waals surface area contributed by atoms with E-state index in [1.54, 1.807) is 0 Å². The lowest BCUT2D eigenvalue weighted by molar-refractivity contribution is 0.0649. The van der Waals surface area contributed by atoms with Gasteiger partial charge in [0, 0.05) is 24.3 Å². The summed E-state index contributed by atoms with van der Waals surface area (Å²) in [6.45, 7) is 8.86. The van der Waals surface area contributed by atoms with Crippen LogP contribution in [-0.4, -0.2) is 20.5 Å². The largest absolute Gasteiger partial charge is 0.390 e. The molecule has 4 heteroatoms. The number of nitrogens with zero attached hydrogens (tertiary/aromatic N) is 2. The van der Waals surface area contributed by atoms with Crippen molar-refractivity contribution >= 4 is 0 Å². The van der Waals surface area contributed by atoms with Crippen molar-refractivity contribution in [1.29, 1.82) is 0 Å². The Labute approximate surface area is 91.1 Å². The van der Waals surface area contributed by atoms with E-state index in [9.17, 15) is 5.11 Å². The summed E-state index contributed by atoms with van der Waals surface area (Å²) >= 11 is 0. The molecule has 86 valence electrons. The molecule has 1 heterocycles. The van der Waals surface area contributed by atoms with Gasteiger partial charge in [-0.15, -0.1) is 0 Å². The SMILES string of the molecule is Cc1nn(CCC(C)(C)O)c(C)c1CN. The van der Waals surface area contributed by atoms with Crippen molar-refractivity contribution in [2.24, 2.45) is 5.73 Å². The van der Waals surface area contributed by atoms with E-state index in [1.165, 1.54) is 0 Å². The summed E-state index contributed by atoms with van der Waals surface area (Å²) in [5.74, 6) is 0. The highest BCUT2D eigenvalue weighted by molar-refractivity contribution is 5.23. The van der Waals surface area contributed by atoms with Crippen LogP contribution in [-0.2, 0) is 13.1 Å². The fourth-order valence-corrected chi connectivity index (χ4v) is 1.63. The Kier molecular flexibility index (Phi) is 3.52. The van der Waals surface area contributed by atoms with Crippen molar-refractivity contribution < 1.29 is 5.11 Å².